The molecule has 1 unspecified atom stereocenters. The maximum absolute atomic E-state index is 9.94. The first-order valence-electron chi connectivity index (χ1n) is 6.88. The predicted octanol–water partition coefficient (Wildman–Crippen LogP) is 1.99. The fraction of sp³-hybridized carbons (Fsp3) is 0.375. The van der Waals surface area contributed by atoms with Gasteiger partial charge in [-0.3, -0.25) is 4.90 Å². The number of phenols is 1. The lowest BCUT2D eigenvalue weighted by Crippen LogP contribution is -2.31. The van der Waals surface area contributed by atoms with E-state index >= 15 is 0 Å². The van der Waals surface area contributed by atoms with Crippen molar-refractivity contribution in [3.05, 3.63) is 54.0 Å². The minimum atomic E-state index is -0.587. The lowest BCUT2D eigenvalue weighted by molar-refractivity contribution is 0.00761. The van der Waals surface area contributed by atoms with Gasteiger partial charge in [0.15, 0.2) is 0 Å². The molecule has 5 heteroatoms. The predicted molar refractivity (Wildman–Crippen MR) is 78.8 cm³/mol. The third-order valence-corrected chi connectivity index (χ3v) is 3.09. The van der Waals surface area contributed by atoms with Gasteiger partial charge in [0, 0.05) is 18.7 Å². The summed E-state index contributed by atoms with van der Waals surface area (Å²) in [6, 6.07) is 10.8. The van der Waals surface area contributed by atoms with Crippen LogP contribution in [0.25, 0.3) is 0 Å². The molecule has 0 fully saturated rings. The van der Waals surface area contributed by atoms with E-state index in [1.54, 1.807) is 24.5 Å². The molecule has 0 spiro atoms. The number of para-hydroxylation sites is 1. The highest BCUT2D eigenvalue weighted by Crippen LogP contribution is 2.17. The Morgan fingerprint density at radius 2 is 2.05 bits per heavy atom. The van der Waals surface area contributed by atoms with Crippen molar-refractivity contribution < 1.29 is 19.4 Å². The fourth-order valence-corrected chi connectivity index (χ4v) is 2.10. The summed E-state index contributed by atoms with van der Waals surface area (Å²) in [5.74, 6) is 1.01. The number of hydrogen-bond donors (Lipinski definition) is 2. The first kappa shape index (κ1) is 15.6. The molecule has 0 amide bonds. The standard InChI is InChI=1S/C16H21NO4/c1-17(9-13-5-2-3-7-16(13)19)10-14(18)11-20-12-15-6-4-8-21-15/h2-8,14,18-19H,9-12H2,1H3. The van der Waals surface area contributed by atoms with Gasteiger partial charge in [-0.05, 0) is 25.2 Å². The number of likely N-dealkylation sites (N-methyl/N-ethyl adjacent to an activating group) is 1. The molecule has 0 radical (unpaired) electrons. The quantitative estimate of drug-likeness (QED) is 0.778. The van der Waals surface area contributed by atoms with Gasteiger partial charge in [-0.15, -0.1) is 0 Å². The molecule has 0 aliphatic rings. The Morgan fingerprint density at radius 1 is 1.24 bits per heavy atom. The van der Waals surface area contributed by atoms with Crippen LogP contribution >= 0.6 is 0 Å². The van der Waals surface area contributed by atoms with Crippen molar-refractivity contribution in [2.75, 3.05) is 20.2 Å². The van der Waals surface area contributed by atoms with Gasteiger partial charge < -0.3 is 19.4 Å². The van der Waals surface area contributed by atoms with Crippen LogP contribution in [0.2, 0.25) is 0 Å². The molecule has 114 valence electrons. The summed E-state index contributed by atoms with van der Waals surface area (Å²) in [5, 5.41) is 19.7. The molecule has 2 aromatic rings. The number of phenolic OH excluding ortho intramolecular Hbond substituents is 1. The van der Waals surface area contributed by atoms with Gasteiger partial charge in [-0.2, -0.15) is 0 Å². The van der Waals surface area contributed by atoms with Gasteiger partial charge in [0.1, 0.15) is 18.1 Å². The van der Waals surface area contributed by atoms with Crippen molar-refractivity contribution in [1.29, 1.82) is 0 Å². The Balaban J connectivity index is 1.69. The molecule has 2 rings (SSSR count). The van der Waals surface area contributed by atoms with Crippen LogP contribution in [0.3, 0.4) is 0 Å². The Morgan fingerprint density at radius 3 is 2.76 bits per heavy atom. The van der Waals surface area contributed by atoms with E-state index in [1.165, 1.54) is 0 Å². The Bertz CT molecular complexity index is 527. The summed E-state index contributed by atoms with van der Waals surface area (Å²) in [7, 11) is 1.89. The van der Waals surface area contributed by atoms with Gasteiger partial charge in [0.2, 0.25) is 0 Å². The Kier molecular flexibility index (Phi) is 5.80. The number of rotatable bonds is 8. The summed E-state index contributed by atoms with van der Waals surface area (Å²) in [6.07, 6.45) is 1.01. The fourth-order valence-electron chi connectivity index (χ4n) is 2.10. The van der Waals surface area contributed by atoms with E-state index in [4.69, 9.17) is 9.15 Å². The van der Waals surface area contributed by atoms with E-state index in [-0.39, 0.29) is 12.4 Å². The second-order valence-electron chi connectivity index (χ2n) is 5.07. The second-order valence-corrected chi connectivity index (χ2v) is 5.07. The number of nitrogens with zero attached hydrogens (tertiary/aromatic N) is 1. The van der Waals surface area contributed by atoms with Crippen molar-refractivity contribution >= 4 is 0 Å². The molecule has 1 heterocycles. The third kappa shape index (κ3) is 5.23. The van der Waals surface area contributed by atoms with Gasteiger partial charge in [0.25, 0.3) is 0 Å². The number of hydrogen-bond acceptors (Lipinski definition) is 5. The largest absolute Gasteiger partial charge is 0.508 e. The van der Waals surface area contributed by atoms with Crippen LogP contribution < -0.4 is 0 Å². The molecule has 21 heavy (non-hydrogen) atoms. The van der Waals surface area contributed by atoms with Crippen LogP contribution in [0.4, 0.5) is 0 Å². The zero-order valence-corrected chi connectivity index (χ0v) is 12.1. The highest BCUT2D eigenvalue weighted by atomic mass is 16.5. The van der Waals surface area contributed by atoms with E-state index in [1.807, 2.05) is 30.1 Å². The molecule has 0 saturated heterocycles. The van der Waals surface area contributed by atoms with Crippen molar-refractivity contribution in [1.82, 2.24) is 4.90 Å². The van der Waals surface area contributed by atoms with E-state index in [2.05, 4.69) is 0 Å². The SMILES string of the molecule is CN(Cc1ccccc1O)CC(O)COCc1ccco1. The normalized spacial score (nSPS) is 12.7. The first-order chi connectivity index (χ1) is 10.1. The van der Waals surface area contributed by atoms with E-state index in [9.17, 15) is 10.2 Å². The van der Waals surface area contributed by atoms with Crippen molar-refractivity contribution in [3.8, 4) is 5.75 Å². The number of ether oxygens (including phenoxy) is 1. The van der Waals surface area contributed by atoms with Crippen LogP contribution in [0.1, 0.15) is 11.3 Å². The van der Waals surface area contributed by atoms with Gasteiger partial charge in [-0.25, -0.2) is 0 Å². The van der Waals surface area contributed by atoms with Crippen molar-refractivity contribution in [2.45, 2.75) is 19.3 Å². The maximum Gasteiger partial charge on any atom is 0.129 e. The van der Waals surface area contributed by atoms with Crippen LogP contribution in [-0.2, 0) is 17.9 Å². The van der Waals surface area contributed by atoms with Crippen molar-refractivity contribution in [3.63, 3.8) is 0 Å². The highest BCUT2D eigenvalue weighted by Gasteiger charge is 2.11. The summed E-state index contributed by atoms with van der Waals surface area (Å²) < 4.78 is 10.5. The minimum Gasteiger partial charge on any atom is -0.508 e. The maximum atomic E-state index is 9.94. The van der Waals surface area contributed by atoms with E-state index < -0.39 is 6.10 Å². The van der Waals surface area contributed by atoms with Crippen LogP contribution in [0.5, 0.6) is 5.75 Å². The molecule has 0 aliphatic heterocycles. The molecule has 0 saturated carbocycles. The van der Waals surface area contributed by atoms with Gasteiger partial charge in [-0.1, -0.05) is 18.2 Å². The monoisotopic (exact) mass is 291 g/mol. The molecule has 0 aliphatic carbocycles. The zero-order chi connectivity index (χ0) is 15.1. The van der Waals surface area contributed by atoms with Gasteiger partial charge in [0.05, 0.1) is 19.0 Å². The second kappa shape index (κ2) is 7.83. The van der Waals surface area contributed by atoms with Crippen LogP contribution in [0, 0.1) is 0 Å². The number of aliphatic hydroxyl groups excluding tert-OH is 1. The summed E-state index contributed by atoms with van der Waals surface area (Å²) in [4.78, 5) is 1.94. The summed E-state index contributed by atoms with van der Waals surface area (Å²) in [6.45, 7) is 1.63. The number of aliphatic hydroxyl groups is 1. The Labute approximate surface area is 124 Å². The molecular formula is C16H21NO4. The molecular weight excluding hydrogens is 270 g/mol. The van der Waals surface area contributed by atoms with E-state index in [0.717, 1.165) is 11.3 Å². The number of benzene rings is 1. The minimum absolute atomic E-state index is 0.242. The van der Waals surface area contributed by atoms with Crippen LogP contribution in [0.15, 0.2) is 47.1 Å². The molecule has 1 aromatic heterocycles. The van der Waals surface area contributed by atoms with Gasteiger partial charge >= 0.3 is 0 Å². The topological polar surface area (TPSA) is 66.1 Å². The molecule has 1 aromatic carbocycles. The highest BCUT2D eigenvalue weighted by molar-refractivity contribution is 5.31. The molecule has 5 nitrogen and oxygen atoms in total. The van der Waals surface area contributed by atoms with Crippen molar-refractivity contribution in [2.24, 2.45) is 0 Å². The summed E-state index contributed by atoms with van der Waals surface area (Å²) >= 11 is 0. The van der Waals surface area contributed by atoms with Crippen LogP contribution in [-0.4, -0.2) is 41.4 Å². The number of furan rings is 1. The smallest absolute Gasteiger partial charge is 0.129 e. The zero-order valence-electron chi connectivity index (χ0n) is 12.1. The lowest BCUT2D eigenvalue weighted by Gasteiger charge is -2.20. The molecule has 1 atom stereocenters. The Hall–Kier alpha value is -1.82. The van der Waals surface area contributed by atoms with E-state index in [0.29, 0.717) is 19.7 Å². The average Bonchev–Trinajstić information content (AvgIpc) is 2.94. The lowest BCUT2D eigenvalue weighted by atomic mass is 10.2. The summed E-state index contributed by atoms with van der Waals surface area (Å²) in [5.41, 5.74) is 0.837. The average molecular weight is 291 g/mol. The number of aromatic hydroxyl groups is 1. The first-order valence-corrected chi connectivity index (χ1v) is 6.88. The third-order valence-electron chi connectivity index (χ3n) is 3.09. The molecule has 2 N–H and O–H groups in total. The molecule has 0 bridgehead atoms.